The lowest BCUT2D eigenvalue weighted by Crippen LogP contribution is -2.32. The molecule has 0 spiro atoms. The van der Waals surface area contributed by atoms with E-state index in [4.69, 9.17) is 16.3 Å². The molecule has 2 amide bonds. The van der Waals surface area contributed by atoms with Crippen molar-refractivity contribution >= 4 is 84.2 Å². The Hall–Kier alpha value is -4.24. The molecule has 1 fully saturated rings. The van der Waals surface area contributed by atoms with Gasteiger partial charge in [-0.15, -0.1) is 22.7 Å². The number of nitrogens with one attached hydrogen (secondary N) is 1. The second-order valence-electron chi connectivity index (χ2n) is 15.1. The van der Waals surface area contributed by atoms with Crippen molar-refractivity contribution in [2.75, 3.05) is 59.7 Å². The molecular weight excluding hydrogens is 754 g/mol. The molecule has 0 saturated carbocycles. The van der Waals surface area contributed by atoms with Crippen molar-refractivity contribution in [3.8, 4) is 5.75 Å². The fourth-order valence-electron chi connectivity index (χ4n) is 8.20. The van der Waals surface area contributed by atoms with Crippen molar-refractivity contribution in [2.24, 2.45) is 16.8 Å². The van der Waals surface area contributed by atoms with Crippen molar-refractivity contribution in [3.05, 3.63) is 61.9 Å². The van der Waals surface area contributed by atoms with E-state index in [1.165, 1.54) is 45.6 Å². The first kappa shape index (κ1) is 37.7. The Balaban J connectivity index is 0.000000189. The van der Waals surface area contributed by atoms with Crippen LogP contribution in [0.3, 0.4) is 0 Å². The topological polar surface area (TPSA) is 129 Å². The van der Waals surface area contributed by atoms with Crippen LogP contribution in [0.2, 0.25) is 5.15 Å². The van der Waals surface area contributed by atoms with E-state index in [1.54, 1.807) is 38.8 Å². The number of halogens is 1. The summed E-state index contributed by atoms with van der Waals surface area (Å²) in [6.07, 6.45) is 12.6. The number of carbonyl (C=O) groups is 2. The Morgan fingerprint density at radius 2 is 1.49 bits per heavy atom. The standard InChI is InChI=1S/C27H32N6O2S.C13H14ClN3OS/c1-32(2)27(34)17-5-6-20-23(13-17)36-26-24(20)25(29-16-30-26)31-21-11-18-14-28-15-19(18)12-22(21)35-10-9-33-7-3-4-8-33;1-17(2)13(18)7-3-4-8-9(5-7)19-12-10(8)11(14)15-6-16-12/h11-12,14,16-17H,3-10,13,15H2,1-2H3,(H,29,30,31);6-7H,3-5H2,1-2H3/t17-;7-/m00/s1. The smallest absolute Gasteiger partial charge is 0.225 e. The molecule has 2 atom stereocenters. The molecular formula is C40H46ClN9O3S2. The van der Waals surface area contributed by atoms with Crippen LogP contribution < -0.4 is 10.1 Å². The molecule has 15 heteroatoms. The van der Waals surface area contributed by atoms with Crippen LogP contribution in [0.15, 0.2) is 29.8 Å². The zero-order valence-electron chi connectivity index (χ0n) is 31.7. The number of hydrogen-bond donors (Lipinski definition) is 1. The fourth-order valence-corrected chi connectivity index (χ4v) is 11.0. The number of aryl methyl sites for hydroxylation is 2. The molecule has 5 aromatic rings. The molecule has 55 heavy (non-hydrogen) atoms. The van der Waals surface area contributed by atoms with Gasteiger partial charge >= 0.3 is 0 Å². The molecule has 0 unspecified atom stereocenters. The summed E-state index contributed by atoms with van der Waals surface area (Å²) in [4.78, 5) is 56.9. The van der Waals surface area contributed by atoms with Crippen LogP contribution in [0.25, 0.3) is 20.4 Å². The Labute approximate surface area is 334 Å². The number of rotatable bonds is 8. The summed E-state index contributed by atoms with van der Waals surface area (Å²) in [6.45, 7) is 4.62. The molecule has 2 aliphatic carbocycles. The van der Waals surface area contributed by atoms with Gasteiger partial charge in [-0.3, -0.25) is 19.5 Å². The minimum Gasteiger partial charge on any atom is -0.490 e. The summed E-state index contributed by atoms with van der Waals surface area (Å²) in [6, 6.07) is 4.24. The van der Waals surface area contributed by atoms with Crippen LogP contribution in [-0.4, -0.2) is 107 Å². The third kappa shape index (κ3) is 7.78. The van der Waals surface area contributed by atoms with Gasteiger partial charge in [0.1, 0.15) is 45.6 Å². The average molecular weight is 800 g/mol. The van der Waals surface area contributed by atoms with Crippen molar-refractivity contribution < 1.29 is 14.3 Å². The number of thiophene rings is 2. The highest BCUT2D eigenvalue weighted by Crippen LogP contribution is 2.43. The highest BCUT2D eigenvalue weighted by atomic mass is 35.5. The van der Waals surface area contributed by atoms with Crippen LogP contribution in [0.5, 0.6) is 5.75 Å². The highest BCUT2D eigenvalue weighted by molar-refractivity contribution is 7.19. The van der Waals surface area contributed by atoms with E-state index < -0.39 is 0 Å². The number of fused-ring (bicyclic) bond motifs is 7. The van der Waals surface area contributed by atoms with Gasteiger partial charge in [0.05, 0.1) is 23.0 Å². The van der Waals surface area contributed by atoms with Crippen LogP contribution in [0.1, 0.15) is 57.7 Å². The number of benzene rings is 1. The maximum atomic E-state index is 12.6. The summed E-state index contributed by atoms with van der Waals surface area (Å²) in [5, 5.41) is 6.18. The van der Waals surface area contributed by atoms with E-state index in [1.807, 2.05) is 34.4 Å². The first-order valence-electron chi connectivity index (χ1n) is 19.0. The molecule has 0 bridgehead atoms. The fraction of sp³-hybridized carbons (Fsp3) is 0.475. The van der Waals surface area contributed by atoms with Gasteiger partial charge in [0.15, 0.2) is 0 Å². The average Bonchev–Trinajstić information content (AvgIpc) is 4.00. The maximum Gasteiger partial charge on any atom is 0.225 e. The number of aromatic nitrogens is 4. The van der Waals surface area contributed by atoms with Gasteiger partial charge in [-0.05, 0) is 98.8 Å². The van der Waals surface area contributed by atoms with E-state index in [9.17, 15) is 9.59 Å². The molecule has 6 heterocycles. The normalized spacial score (nSPS) is 18.7. The third-order valence-corrected chi connectivity index (χ3v) is 13.7. The monoisotopic (exact) mass is 799 g/mol. The minimum atomic E-state index is 0.0385. The largest absolute Gasteiger partial charge is 0.490 e. The van der Waals surface area contributed by atoms with Crippen LogP contribution >= 0.6 is 34.3 Å². The molecule has 12 nitrogen and oxygen atoms in total. The Morgan fingerprint density at radius 1 is 0.873 bits per heavy atom. The van der Waals surface area contributed by atoms with E-state index in [0.717, 1.165) is 101 Å². The Morgan fingerprint density at radius 3 is 2.15 bits per heavy atom. The van der Waals surface area contributed by atoms with E-state index in [-0.39, 0.29) is 23.7 Å². The van der Waals surface area contributed by atoms with Gasteiger partial charge in [0.25, 0.3) is 0 Å². The number of anilines is 2. The first-order valence-corrected chi connectivity index (χ1v) is 21.0. The van der Waals surface area contributed by atoms with Crippen LogP contribution in [0.4, 0.5) is 11.5 Å². The second-order valence-corrected chi connectivity index (χ2v) is 17.7. The van der Waals surface area contributed by atoms with E-state index >= 15 is 0 Å². The van der Waals surface area contributed by atoms with Gasteiger partial charge in [-0.1, -0.05) is 11.6 Å². The van der Waals surface area contributed by atoms with Crippen molar-refractivity contribution in [1.29, 1.82) is 0 Å². The quantitative estimate of drug-likeness (QED) is 0.173. The van der Waals surface area contributed by atoms with E-state index in [0.29, 0.717) is 18.3 Å². The molecule has 2 aliphatic heterocycles. The van der Waals surface area contributed by atoms with Crippen LogP contribution in [-0.2, 0) is 41.8 Å². The van der Waals surface area contributed by atoms with Gasteiger partial charge in [0.2, 0.25) is 11.8 Å². The molecule has 9 rings (SSSR count). The number of ether oxygens (including phenoxy) is 1. The Kier molecular flexibility index (Phi) is 11.0. The lowest BCUT2D eigenvalue weighted by Gasteiger charge is -2.24. The van der Waals surface area contributed by atoms with Crippen LogP contribution in [0, 0.1) is 11.8 Å². The summed E-state index contributed by atoms with van der Waals surface area (Å²) >= 11 is 9.50. The molecule has 288 valence electrons. The number of carbonyl (C=O) groups excluding carboxylic acids is 2. The van der Waals surface area contributed by atoms with E-state index in [2.05, 4.69) is 47.3 Å². The second kappa shape index (κ2) is 16.1. The zero-order valence-corrected chi connectivity index (χ0v) is 34.1. The minimum absolute atomic E-state index is 0.0385. The predicted molar refractivity (Wildman–Crippen MR) is 220 cm³/mol. The lowest BCUT2D eigenvalue weighted by atomic mass is 9.87. The summed E-state index contributed by atoms with van der Waals surface area (Å²) in [5.41, 5.74) is 5.73. The lowest BCUT2D eigenvalue weighted by molar-refractivity contribution is -0.134. The molecule has 1 N–H and O–H groups in total. The van der Waals surface area contributed by atoms with Gasteiger partial charge in [0, 0.05) is 62.5 Å². The van der Waals surface area contributed by atoms with Gasteiger partial charge in [-0.2, -0.15) is 0 Å². The highest BCUT2D eigenvalue weighted by Gasteiger charge is 2.31. The van der Waals surface area contributed by atoms with Crippen molar-refractivity contribution in [2.45, 2.75) is 57.9 Å². The third-order valence-electron chi connectivity index (χ3n) is 11.1. The number of amides is 2. The summed E-state index contributed by atoms with van der Waals surface area (Å²) in [5.74, 6) is 2.18. The van der Waals surface area contributed by atoms with Crippen molar-refractivity contribution in [3.63, 3.8) is 0 Å². The number of nitrogens with zero attached hydrogens (tertiary/aromatic N) is 8. The molecule has 4 aromatic heterocycles. The molecule has 0 radical (unpaired) electrons. The number of hydrogen-bond acceptors (Lipinski definition) is 12. The number of likely N-dealkylation sites (tertiary alicyclic amines) is 1. The first-order chi connectivity index (χ1) is 26.6. The summed E-state index contributed by atoms with van der Waals surface area (Å²) in [7, 11) is 7.29. The Bertz CT molecular complexity index is 2280. The zero-order chi connectivity index (χ0) is 38.2. The SMILES string of the molecule is CN(C)C(=O)[C@H]1CCc2c(sc3ncnc(Cl)c23)C1.CN(C)C(=O)[C@H]1CCc2c(sc3ncnc(Nc4cc5c(cc4OCCN4CCCC4)CN=C5)c23)C1. The number of aliphatic imine (C=N–C) groups is 1. The van der Waals surface area contributed by atoms with Crippen molar-refractivity contribution in [1.82, 2.24) is 34.6 Å². The molecule has 1 aromatic carbocycles. The molecule has 4 aliphatic rings. The van der Waals surface area contributed by atoms with Gasteiger partial charge < -0.3 is 19.9 Å². The molecule has 1 saturated heterocycles. The van der Waals surface area contributed by atoms with Gasteiger partial charge in [-0.25, -0.2) is 19.9 Å². The predicted octanol–water partition coefficient (Wildman–Crippen LogP) is 6.57. The maximum absolute atomic E-state index is 12.6. The summed E-state index contributed by atoms with van der Waals surface area (Å²) < 4.78 is 6.32.